The minimum Gasteiger partial charge on any atom is -0.383 e. The van der Waals surface area contributed by atoms with Crippen molar-refractivity contribution in [1.82, 2.24) is 9.97 Å². The summed E-state index contributed by atoms with van der Waals surface area (Å²) in [4.78, 5) is 8.68. The summed E-state index contributed by atoms with van der Waals surface area (Å²) in [6, 6.07) is 3.79. The minimum absolute atomic E-state index is 0.113. The first-order chi connectivity index (χ1) is 9.87. The average Bonchev–Trinajstić information content (AvgIpc) is 3.13. The summed E-state index contributed by atoms with van der Waals surface area (Å²) >= 11 is 3.38. The van der Waals surface area contributed by atoms with Gasteiger partial charge in [-0.3, -0.25) is 9.97 Å². The van der Waals surface area contributed by atoms with E-state index in [0.717, 1.165) is 34.0 Å². The zero-order valence-electron chi connectivity index (χ0n) is 11.6. The highest BCUT2D eigenvalue weighted by atomic mass is 79.9. The predicted octanol–water partition coefficient (Wildman–Crippen LogP) is 2.63. The molecule has 0 saturated heterocycles. The number of pyridine rings is 2. The van der Waals surface area contributed by atoms with Gasteiger partial charge >= 0.3 is 0 Å². The van der Waals surface area contributed by atoms with Crippen molar-refractivity contribution < 1.29 is 8.42 Å². The Hall–Kier alpha value is -1.21. The molecular weight excluding hydrogens is 354 g/mol. The number of aromatic nitrogens is 2. The lowest BCUT2D eigenvalue weighted by atomic mass is 10.1. The maximum Gasteiger partial charge on any atom is 0.148 e. The molecular formula is C14H16BrN3O2S. The summed E-state index contributed by atoms with van der Waals surface area (Å²) in [5.74, 6) is 0.245. The molecule has 0 radical (unpaired) electrons. The molecule has 0 bridgehead atoms. The number of rotatable bonds is 5. The second-order valence-corrected chi connectivity index (χ2v) is 8.86. The summed E-state index contributed by atoms with van der Waals surface area (Å²) in [5.41, 5.74) is 2.39. The Bertz CT molecular complexity index is 788. The molecule has 3 rings (SSSR count). The second-order valence-electron chi connectivity index (χ2n) is 5.80. The molecule has 5 nitrogen and oxygen atoms in total. The van der Waals surface area contributed by atoms with Gasteiger partial charge in [-0.1, -0.05) is 0 Å². The van der Waals surface area contributed by atoms with Gasteiger partial charge in [-0.15, -0.1) is 0 Å². The van der Waals surface area contributed by atoms with Crippen LogP contribution in [0.25, 0.3) is 11.0 Å². The van der Waals surface area contributed by atoms with Gasteiger partial charge < -0.3 is 5.32 Å². The van der Waals surface area contributed by atoms with Gasteiger partial charge in [0.25, 0.3) is 0 Å². The number of nitrogens with zero attached hydrogens (tertiary/aromatic N) is 2. The van der Waals surface area contributed by atoms with E-state index in [1.165, 1.54) is 6.26 Å². The van der Waals surface area contributed by atoms with Crippen LogP contribution in [0.3, 0.4) is 0 Å². The normalized spacial score (nSPS) is 16.9. The molecule has 0 atom stereocenters. The van der Waals surface area contributed by atoms with Crippen LogP contribution < -0.4 is 5.32 Å². The maximum atomic E-state index is 11.5. The van der Waals surface area contributed by atoms with E-state index in [4.69, 9.17) is 0 Å². The third kappa shape index (κ3) is 3.52. The molecule has 2 aromatic rings. The van der Waals surface area contributed by atoms with E-state index in [2.05, 4.69) is 31.2 Å². The smallest absolute Gasteiger partial charge is 0.148 e. The van der Waals surface area contributed by atoms with Crippen LogP contribution in [-0.2, 0) is 9.84 Å². The number of nitrogens with one attached hydrogen (secondary N) is 1. The van der Waals surface area contributed by atoms with Crippen LogP contribution in [0.4, 0.5) is 5.69 Å². The van der Waals surface area contributed by atoms with Crippen molar-refractivity contribution in [3.63, 3.8) is 0 Å². The average molecular weight is 370 g/mol. The van der Waals surface area contributed by atoms with Crippen molar-refractivity contribution in [2.24, 2.45) is 5.41 Å². The van der Waals surface area contributed by atoms with Gasteiger partial charge in [0, 0.05) is 35.1 Å². The van der Waals surface area contributed by atoms with Gasteiger partial charge in [-0.2, -0.15) is 0 Å². The van der Waals surface area contributed by atoms with Gasteiger partial charge in [-0.05, 0) is 40.9 Å². The lowest BCUT2D eigenvalue weighted by Gasteiger charge is -2.16. The molecule has 0 aromatic carbocycles. The zero-order valence-corrected chi connectivity index (χ0v) is 14.0. The number of sulfone groups is 1. The predicted molar refractivity (Wildman–Crippen MR) is 87.1 cm³/mol. The largest absolute Gasteiger partial charge is 0.383 e. The Morgan fingerprint density at radius 3 is 2.81 bits per heavy atom. The number of hydrogen-bond donors (Lipinski definition) is 1. The Labute approximate surface area is 132 Å². The standard InChI is InChI=1S/C14H16BrN3O2S/c1-21(19,20)9-14(3-4-14)8-18-11-2-5-16-12-6-10(15)7-17-13(11)12/h2,5-7H,3-4,8-9H2,1H3,(H,16,18). The number of hydrogen-bond acceptors (Lipinski definition) is 5. The minimum atomic E-state index is -2.95. The topological polar surface area (TPSA) is 72.0 Å². The van der Waals surface area contributed by atoms with Crippen molar-refractivity contribution in [3.05, 3.63) is 29.0 Å². The van der Waals surface area contributed by atoms with Gasteiger partial charge in [0.15, 0.2) is 0 Å². The summed E-state index contributed by atoms with van der Waals surface area (Å²) < 4.78 is 23.9. The molecule has 7 heteroatoms. The zero-order chi connectivity index (χ0) is 15.1. The molecule has 2 aromatic heterocycles. The van der Waals surface area contributed by atoms with Gasteiger partial charge in [0.1, 0.15) is 15.4 Å². The highest BCUT2D eigenvalue weighted by molar-refractivity contribution is 9.10. The van der Waals surface area contributed by atoms with E-state index in [1.54, 1.807) is 12.4 Å². The van der Waals surface area contributed by atoms with Gasteiger partial charge in [0.2, 0.25) is 0 Å². The molecule has 0 amide bonds. The van der Waals surface area contributed by atoms with E-state index in [9.17, 15) is 8.42 Å². The number of fused-ring (bicyclic) bond motifs is 1. The Balaban J connectivity index is 1.80. The van der Waals surface area contributed by atoms with E-state index >= 15 is 0 Å². The first-order valence-corrected chi connectivity index (χ1v) is 9.54. The summed E-state index contributed by atoms with van der Waals surface area (Å²) in [6.45, 7) is 0.650. The molecule has 0 unspecified atom stereocenters. The van der Waals surface area contributed by atoms with Crippen LogP contribution in [0.1, 0.15) is 12.8 Å². The maximum absolute atomic E-state index is 11.5. The molecule has 1 saturated carbocycles. The molecule has 0 spiro atoms. The first kappa shape index (κ1) is 14.7. The highest BCUT2D eigenvalue weighted by Gasteiger charge is 2.45. The second kappa shape index (κ2) is 5.21. The molecule has 1 fully saturated rings. The molecule has 21 heavy (non-hydrogen) atoms. The van der Waals surface area contributed by atoms with Crippen molar-refractivity contribution in [2.45, 2.75) is 12.8 Å². The molecule has 1 N–H and O–H groups in total. The third-order valence-electron chi connectivity index (χ3n) is 3.72. The van der Waals surface area contributed by atoms with Crippen LogP contribution in [-0.4, -0.2) is 36.9 Å². The van der Waals surface area contributed by atoms with Gasteiger partial charge in [-0.25, -0.2) is 8.42 Å². The van der Waals surface area contributed by atoms with E-state index in [1.807, 2.05) is 12.1 Å². The SMILES string of the molecule is CS(=O)(=O)CC1(CNc2ccnc3cc(Br)cnc23)CC1. The van der Waals surface area contributed by atoms with Crippen molar-refractivity contribution >= 4 is 42.5 Å². The third-order valence-corrected chi connectivity index (χ3v) is 5.29. The fourth-order valence-electron chi connectivity index (χ4n) is 2.54. The van der Waals surface area contributed by atoms with Crippen molar-refractivity contribution in [2.75, 3.05) is 23.9 Å². The molecule has 1 aliphatic carbocycles. The fourth-order valence-corrected chi connectivity index (χ4v) is 4.36. The van der Waals surface area contributed by atoms with E-state index in [-0.39, 0.29) is 11.2 Å². The highest BCUT2D eigenvalue weighted by Crippen LogP contribution is 2.46. The first-order valence-electron chi connectivity index (χ1n) is 6.69. The fraction of sp³-hybridized carbons (Fsp3) is 0.429. The lowest BCUT2D eigenvalue weighted by molar-refractivity contribution is 0.561. The quantitative estimate of drug-likeness (QED) is 0.876. The number of anilines is 1. The van der Waals surface area contributed by atoms with Crippen molar-refractivity contribution in [1.29, 1.82) is 0 Å². The monoisotopic (exact) mass is 369 g/mol. The summed E-state index contributed by atoms with van der Waals surface area (Å²) in [5, 5.41) is 3.35. The van der Waals surface area contributed by atoms with Gasteiger partial charge in [0.05, 0.1) is 17.0 Å². The van der Waals surface area contributed by atoms with Crippen LogP contribution in [0, 0.1) is 5.41 Å². The van der Waals surface area contributed by atoms with E-state index in [0.29, 0.717) is 6.54 Å². The molecule has 2 heterocycles. The number of halogens is 1. The van der Waals surface area contributed by atoms with Crippen LogP contribution >= 0.6 is 15.9 Å². The lowest BCUT2D eigenvalue weighted by Crippen LogP contribution is -2.24. The Kier molecular flexibility index (Phi) is 3.65. The van der Waals surface area contributed by atoms with Crippen LogP contribution in [0.5, 0.6) is 0 Å². The van der Waals surface area contributed by atoms with Crippen LogP contribution in [0.15, 0.2) is 29.0 Å². The summed E-state index contributed by atoms with van der Waals surface area (Å²) in [7, 11) is -2.95. The Morgan fingerprint density at radius 2 is 2.14 bits per heavy atom. The summed E-state index contributed by atoms with van der Waals surface area (Å²) in [6.07, 6.45) is 6.67. The molecule has 0 aliphatic heterocycles. The van der Waals surface area contributed by atoms with Crippen LogP contribution in [0.2, 0.25) is 0 Å². The van der Waals surface area contributed by atoms with E-state index < -0.39 is 9.84 Å². The Morgan fingerprint density at radius 1 is 1.38 bits per heavy atom. The molecule has 112 valence electrons. The van der Waals surface area contributed by atoms with Crippen molar-refractivity contribution in [3.8, 4) is 0 Å². The molecule has 1 aliphatic rings.